The van der Waals surface area contributed by atoms with Crippen LogP contribution in [0.15, 0.2) is 0 Å². The molecule has 0 radical (unpaired) electrons. The fourth-order valence-electron chi connectivity index (χ4n) is 1.40. The van der Waals surface area contributed by atoms with Gasteiger partial charge in [0.25, 0.3) is 0 Å². The lowest BCUT2D eigenvalue weighted by atomic mass is 10.0. The standard InChI is InChI=1S/C8H14O4/c1-10-5-6-3-4-12-7(6)8(9)11-2/h6-7H,3-5H2,1-2H3/t6-,7+/m0/s1. The van der Waals surface area contributed by atoms with Crippen molar-refractivity contribution in [1.82, 2.24) is 0 Å². The Morgan fingerprint density at radius 2 is 2.33 bits per heavy atom. The zero-order valence-electron chi connectivity index (χ0n) is 7.41. The van der Waals surface area contributed by atoms with E-state index in [4.69, 9.17) is 9.47 Å². The highest BCUT2D eigenvalue weighted by Gasteiger charge is 2.34. The summed E-state index contributed by atoms with van der Waals surface area (Å²) in [6, 6.07) is 0. The molecular weight excluding hydrogens is 160 g/mol. The minimum Gasteiger partial charge on any atom is -0.467 e. The van der Waals surface area contributed by atoms with E-state index in [1.54, 1.807) is 7.11 Å². The second-order valence-corrected chi connectivity index (χ2v) is 2.82. The van der Waals surface area contributed by atoms with E-state index in [0.717, 1.165) is 6.42 Å². The smallest absolute Gasteiger partial charge is 0.335 e. The van der Waals surface area contributed by atoms with Gasteiger partial charge >= 0.3 is 5.97 Å². The predicted molar refractivity (Wildman–Crippen MR) is 41.7 cm³/mol. The van der Waals surface area contributed by atoms with Gasteiger partial charge in [0, 0.05) is 19.6 Å². The molecule has 1 rings (SSSR count). The normalized spacial score (nSPS) is 28.8. The molecule has 4 nitrogen and oxygen atoms in total. The molecule has 1 heterocycles. The quantitative estimate of drug-likeness (QED) is 0.574. The molecule has 70 valence electrons. The first-order chi connectivity index (χ1) is 5.79. The molecule has 0 spiro atoms. The maximum absolute atomic E-state index is 11.1. The molecule has 12 heavy (non-hydrogen) atoms. The predicted octanol–water partition coefficient (Wildman–Crippen LogP) is 0.211. The van der Waals surface area contributed by atoms with Crippen LogP contribution in [0.5, 0.6) is 0 Å². The Kier molecular flexibility index (Phi) is 3.49. The summed E-state index contributed by atoms with van der Waals surface area (Å²) in [5.41, 5.74) is 0. The second-order valence-electron chi connectivity index (χ2n) is 2.82. The molecule has 0 amide bonds. The molecule has 0 bridgehead atoms. The van der Waals surface area contributed by atoms with E-state index in [-0.39, 0.29) is 11.9 Å². The van der Waals surface area contributed by atoms with Gasteiger partial charge in [0.05, 0.1) is 13.7 Å². The van der Waals surface area contributed by atoms with Gasteiger partial charge in [-0.05, 0) is 6.42 Å². The van der Waals surface area contributed by atoms with E-state index in [1.165, 1.54) is 7.11 Å². The summed E-state index contributed by atoms with van der Waals surface area (Å²) in [5, 5.41) is 0. The summed E-state index contributed by atoms with van der Waals surface area (Å²) >= 11 is 0. The van der Waals surface area contributed by atoms with Crippen molar-refractivity contribution in [2.75, 3.05) is 27.4 Å². The number of ether oxygens (including phenoxy) is 3. The number of rotatable bonds is 3. The fourth-order valence-corrected chi connectivity index (χ4v) is 1.40. The third-order valence-corrected chi connectivity index (χ3v) is 2.03. The number of hydrogen-bond donors (Lipinski definition) is 0. The van der Waals surface area contributed by atoms with Crippen LogP contribution in [0, 0.1) is 5.92 Å². The van der Waals surface area contributed by atoms with Crippen LogP contribution in [0.3, 0.4) is 0 Å². The van der Waals surface area contributed by atoms with Crippen LogP contribution in [-0.2, 0) is 19.0 Å². The van der Waals surface area contributed by atoms with Gasteiger partial charge in [-0.1, -0.05) is 0 Å². The van der Waals surface area contributed by atoms with Crippen molar-refractivity contribution in [2.45, 2.75) is 12.5 Å². The van der Waals surface area contributed by atoms with Crippen LogP contribution < -0.4 is 0 Å². The van der Waals surface area contributed by atoms with Crippen LogP contribution in [0.25, 0.3) is 0 Å². The lowest BCUT2D eigenvalue weighted by Crippen LogP contribution is -2.30. The molecule has 1 aliphatic heterocycles. The average molecular weight is 174 g/mol. The van der Waals surface area contributed by atoms with E-state index in [2.05, 4.69) is 4.74 Å². The number of carbonyl (C=O) groups is 1. The van der Waals surface area contributed by atoms with Gasteiger partial charge in [0.15, 0.2) is 6.10 Å². The number of methoxy groups -OCH3 is 2. The van der Waals surface area contributed by atoms with E-state index in [0.29, 0.717) is 13.2 Å². The molecule has 0 aromatic carbocycles. The van der Waals surface area contributed by atoms with Crippen LogP contribution in [-0.4, -0.2) is 39.5 Å². The van der Waals surface area contributed by atoms with Gasteiger partial charge in [-0.3, -0.25) is 0 Å². The van der Waals surface area contributed by atoms with Crippen molar-refractivity contribution in [1.29, 1.82) is 0 Å². The Hall–Kier alpha value is -0.610. The van der Waals surface area contributed by atoms with Gasteiger partial charge < -0.3 is 14.2 Å². The van der Waals surface area contributed by atoms with Crippen molar-refractivity contribution >= 4 is 5.97 Å². The molecule has 1 saturated heterocycles. The van der Waals surface area contributed by atoms with Gasteiger partial charge in [-0.25, -0.2) is 4.79 Å². The first kappa shape index (κ1) is 9.48. The average Bonchev–Trinajstić information content (AvgIpc) is 2.52. The maximum Gasteiger partial charge on any atom is 0.335 e. The summed E-state index contributed by atoms with van der Waals surface area (Å²) in [6.45, 7) is 1.17. The molecule has 1 aliphatic rings. The summed E-state index contributed by atoms with van der Waals surface area (Å²) in [4.78, 5) is 11.1. The Bertz CT molecular complexity index is 157. The third-order valence-electron chi connectivity index (χ3n) is 2.03. The summed E-state index contributed by atoms with van der Waals surface area (Å²) in [6.07, 6.45) is 0.447. The van der Waals surface area contributed by atoms with E-state index >= 15 is 0 Å². The summed E-state index contributed by atoms with van der Waals surface area (Å²) in [7, 11) is 2.99. The van der Waals surface area contributed by atoms with Gasteiger partial charge in [-0.2, -0.15) is 0 Å². The molecule has 1 fully saturated rings. The van der Waals surface area contributed by atoms with Crippen LogP contribution >= 0.6 is 0 Å². The Labute approximate surface area is 71.8 Å². The number of hydrogen-bond acceptors (Lipinski definition) is 4. The fraction of sp³-hybridized carbons (Fsp3) is 0.875. The third kappa shape index (κ3) is 1.95. The van der Waals surface area contributed by atoms with Crippen molar-refractivity contribution in [3.05, 3.63) is 0 Å². The highest BCUT2D eigenvalue weighted by atomic mass is 16.6. The minimum absolute atomic E-state index is 0.155. The molecule has 4 heteroatoms. The Morgan fingerprint density at radius 3 is 2.92 bits per heavy atom. The molecule has 0 N–H and O–H groups in total. The second kappa shape index (κ2) is 4.42. The molecule has 0 aromatic rings. The molecule has 0 saturated carbocycles. The lowest BCUT2D eigenvalue weighted by Gasteiger charge is -2.14. The summed E-state index contributed by atoms with van der Waals surface area (Å²) in [5.74, 6) is -0.142. The van der Waals surface area contributed by atoms with E-state index < -0.39 is 6.10 Å². The first-order valence-corrected chi connectivity index (χ1v) is 3.98. The maximum atomic E-state index is 11.1. The van der Waals surface area contributed by atoms with Crippen molar-refractivity contribution in [2.24, 2.45) is 5.92 Å². The zero-order chi connectivity index (χ0) is 8.97. The molecule has 0 aromatic heterocycles. The zero-order valence-corrected chi connectivity index (χ0v) is 7.41. The van der Waals surface area contributed by atoms with Crippen molar-refractivity contribution in [3.8, 4) is 0 Å². The molecule has 2 atom stereocenters. The van der Waals surface area contributed by atoms with E-state index in [1.807, 2.05) is 0 Å². The highest BCUT2D eigenvalue weighted by Crippen LogP contribution is 2.21. The van der Waals surface area contributed by atoms with Crippen molar-refractivity contribution in [3.63, 3.8) is 0 Å². The topological polar surface area (TPSA) is 44.8 Å². The van der Waals surface area contributed by atoms with Gasteiger partial charge in [-0.15, -0.1) is 0 Å². The van der Waals surface area contributed by atoms with Gasteiger partial charge in [0.1, 0.15) is 0 Å². The van der Waals surface area contributed by atoms with Gasteiger partial charge in [0.2, 0.25) is 0 Å². The number of carbonyl (C=O) groups excluding carboxylic acids is 1. The lowest BCUT2D eigenvalue weighted by molar-refractivity contribution is -0.153. The van der Waals surface area contributed by atoms with Crippen molar-refractivity contribution < 1.29 is 19.0 Å². The monoisotopic (exact) mass is 174 g/mol. The molecule has 0 unspecified atom stereocenters. The first-order valence-electron chi connectivity index (χ1n) is 3.98. The minimum atomic E-state index is -0.421. The molecular formula is C8H14O4. The molecule has 0 aliphatic carbocycles. The summed E-state index contributed by atoms with van der Waals surface area (Å²) < 4.78 is 14.8. The Morgan fingerprint density at radius 1 is 1.58 bits per heavy atom. The highest BCUT2D eigenvalue weighted by molar-refractivity contribution is 5.75. The van der Waals surface area contributed by atoms with E-state index in [9.17, 15) is 4.79 Å². The van der Waals surface area contributed by atoms with Crippen LogP contribution in [0.4, 0.5) is 0 Å². The Balaban J connectivity index is 2.45. The van der Waals surface area contributed by atoms with Crippen LogP contribution in [0.2, 0.25) is 0 Å². The largest absolute Gasteiger partial charge is 0.467 e. The van der Waals surface area contributed by atoms with Crippen LogP contribution in [0.1, 0.15) is 6.42 Å². The number of esters is 1. The SMILES string of the molecule is COC[C@@H]1CCO[C@H]1C(=O)OC.